The van der Waals surface area contributed by atoms with Gasteiger partial charge in [-0.15, -0.1) is 0 Å². The number of carbonyl (C=O) groups is 2. The number of amides is 2. The molecule has 2 aliphatic rings. The average Bonchev–Trinajstić information content (AvgIpc) is 2.81. The predicted octanol–water partition coefficient (Wildman–Crippen LogP) is 0.912. The minimum absolute atomic E-state index is 0.0625. The lowest BCUT2D eigenvalue weighted by molar-refractivity contribution is -0.137. The van der Waals surface area contributed by atoms with Crippen LogP contribution in [0.2, 0.25) is 0 Å². The first-order valence-electron chi connectivity index (χ1n) is 6.18. The monoisotopic (exact) mass is 224 g/mol. The minimum atomic E-state index is -0.266. The topological polar surface area (TPSA) is 49.4 Å². The second-order valence-corrected chi connectivity index (χ2v) is 5.00. The van der Waals surface area contributed by atoms with E-state index in [1.54, 1.807) is 7.05 Å². The standard InChI is InChI=1S/C12H20N2O2/c1-3-8-4-5-9(6-8)13-10-7-11(15)14(2)12(10)16/h8-10,13H,3-7H2,1-2H3. The van der Waals surface area contributed by atoms with Gasteiger partial charge in [-0.2, -0.15) is 0 Å². The van der Waals surface area contributed by atoms with Gasteiger partial charge in [0.1, 0.15) is 0 Å². The summed E-state index contributed by atoms with van der Waals surface area (Å²) < 4.78 is 0. The van der Waals surface area contributed by atoms with E-state index < -0.39 is 0 Å². The van der Waals surface area contributed by atoms with E-state index in [-0.39, 0.29) is 17.9 Å². The molecule has 1 N–H and O–H groups in total. The molecule has 0 aromatic carbocycles. The number of hydrogen-bond donors (Lipinski definition) is 1. The Morgan fingerprint density at radius 2 is 2.12 bits per heavy atom. The van der Waals surface area contributed by atoms with E-state index in [0.717, 1.165) is 18.8 Å². The largest absolute Gasteiger partial charge is 0.303 e. The zero-order valence-electron chi connectivity index (χ0n) is 10.0. The molecule has 0 bridgehead atoms. The Bertz CT molecular complexity index is 303. The Labute approximate surface area is 96.4 Å². The lowest BCUT2D eigenvalue weighted by Crippen LogP contribution is -2.42. The van der Waals surface area contributed by atoms with Crippen LogP contribution < -0.4 is 5.32 Å². The van der Waals surface area contributed by atoms with E-state index in [2.05, 4.69) is 12.2 Å². The van der Waals surface area contributed by atoms with Gasteiger partial charge >= 0.3 is 0 Å². The molecule has 2 fully saturated rings. The SMILES string of the molecule is CCC1CCC(NC2CC(=O)N(C)C2=O)C1. The molecule has 2 amide bonds. The molecule has 0 aromatic rings. The Balaban J connectivity index is 1.87. The number of likely N-dealkylation sites (N-methyl/N-ethyl adjacent to an activating group) is 1. The van der Waals surface area contributed by atoms with Crippen LogP contribution in [-0.2, 0) is 9.59 Å². The zero-order valence-corrected chi connectivity index (χ0v) is 10.0. The van der Waals surface area contributed by atoms with Gasteiger partial charge in [0.15, 0.2) is 0 Å². The van der Waals surface area contributed by atoms with E-state index in [9.17, 15) is 9.59 Å². The highest BCUT2D eigenvalue weighted by Gasteiger charge is 2.38. The Hall–Kier alpha value is -0.900. The third-order valence-electron chi connectivity index (χ3n) is 3.94. The van der Waals surface area contributed by atoms with Crippen LogP contribution in [0.4, 0.5) is 0 Å². The van der Waals surface area contributed by atoms with Crippen molar-refractivity contribution in [3.63, 3.8) is 0 Å². The van der Waals surface area contributed by atoms with Crippen molar-refractivity contribution in [3.05, 3.63) is 0 Å². The molecule has 0 aromatic heterocycles. The quantitative estimate of drug-likeness (QED) is 0.725. The number of likely N-dealkylation sites (tertiary alicyclic amines) is 1. The van der Waals surface area contributed by atoms with Crippen molar-refractivity contribution in [3.8, 4) is 0 Å². The van der Waals surface area contributed by atoms with Crippen molar-refractivity contribution in [2.24, 2.45) is 5.92 Å². The molecular formula is C12H20N2O2. The number of imide groups is 1. The number of carbonyl (C=O) groups excluding carboxylic acids is 2. The van der Waals surface area contributed by atoms with Gasteiger partial charge in [0.25, 0.3) is 0 Å². The van der Waals surface area contributed by atoms with E-state index in [1.165, 1.54) is 17.7 Å². The summed E-state index contributed by atoms with van der Waals surface area (Å²) in [6.07, 6.45) is 5.09. The third-order valence-corrected chi connectivity index (χ3v) is 3.94. The Kier molecular flexibility index (Phi) is 3.28. The lowest BCUT2D eigenvalue weighted by Gasteiger charge is -2.17. The lowest BCUT2D eigenvalue weighted by atomic mass is 10.1. The molecule has 16 heavy (non-hydrogen) atoms. The summed E-state index contributed by atoms with van der Waals surface area (Å²) in [5.74, 6) is 0.667. The van der Waals surface area contributed by atoms with Crippen molar-refractivity contribution >= 4 is 11.8 Å². The summed E-state index contributed by atoms with van der Waals surface area (Å²) in [6, 6.07) is 0.163. The number of nitrogens with one attached hydrogen (secondary N) is 1. The molecule has 0 radical (unpaired) electrons. The fourth-order valence-corrected chi connectivity index (χ4v) is 2.77. The first-order valence-corrected chi connectivity index (χ1v) is 6.18. The van der Waals surface area contributed by atoms with Crippen molar-refractivity contribution in [1.82, 2.24) is 10.2 Å². The van der Waals surface area contributed by atoms with E-state index in [1.807, 2.05) is 0 Å². The van der Waals surface area contributed by atoms with Gasteiger partial charge in [0, 0.05) is 13.1 Å². The molecule has 90 valence electrons. The summed E-state index contributed by atoms with van der Waals surface area (Å²) in [6.45, 7) is 2.21. The first kappa shape index (κ1) is 11.6. The molecule has 1 saturated heterocycles. The third kappa shape index (κ3) is 2.12. The van der Waals surface area contributed by atoms with Crippen LogP contribution in [0.15, 0.2) is 0 Å². The molecule has 1 aliphatic carbocycles. The molecule has 4 heteroatoms. The molecule has 1 heterocycles. The van der Waals surface area contributed by atoms with Gasteiger partial charge in [0.05, 0.1) is 12.5 Å². The average molecular weight is 224 g/mol. The highest BCUT2D eigenvalue weighted by molar-refractivity contribution is 6.05. The fourth-order valence-electron chi connectivity index (χ4n) is 2.77. The van der Waals surface area contributed by atoms with Crippen LogP contribution in [0.1, 0.15) is 39.0 Å². The molecule has 3 atom stereocenters. The Morgan fingerprint density at radius 3 is 2.62 bits per heavy atom. The van der Waals surface area contributed by atoms with Gasteiger partial charge in [-0.1, -0.05) is 13.3 Å². The van der Waals surface area contributed by atoms with Gasteiger partial charge in [-0.3, -0.25) is 14.5 Å². The van der Waals surface area contributed by atoms with Gasteiger partial charge < -0.3 is 5.32 Å². The highest BCUT2D eigenvalue weighted by atomic mass is 16.2. The smallest absolute Gasteiger partial charge is 0.246 e. The van der Waals surface area contributed by atoms with E-state index in [4.69, 9.17) is 0 Å². The number of nitrogens with zero attached hydrogens (tertiary/aromatic N) is 1. The van der Waals surface area contributed by atoms with Crippen LogP contribution >= 0.6 is 0 Å². The maximum atomic E-state index is 11.7. The maximum Gasteiger partial charge on any atom is 0.246 e. The number of hydrogen-bond acceptors (Lipinski definition) is 3. The van der Waals surface area contributed by atoms with Crippen LogP contribution in [-0.4, -0.2) is 35.8 Å². The normalized spacial score (nSPS) is 35.1. The van der Waals surface area contributed by atoms with Crippen LogP contribution in [0.5, 0.6) is 0 Å². The predicted molar refractivity (Wildman–Crippen MR) is 60.7 cm³/mol. The maximum absolute atomic E-state index is 11.7. The summed E-state index contributed by atoms with van der Waals surface area (Å²) in [5.41, 5.74) is 0. The van der Waals surface area contributed by atoms with Crippen molar-refractivity contribution in [2.75, 3.05) is 7.05 Å². The minimum Gasteiger partial charge on any atom is -0.303 e. The highest BCUT2D eigenvalue weighted by Crippen LogP contribution is 2.28. The molecule has 4 nitrogen and oxygen atoms in total. The summed E-state index contributed by atoms with van der Waals surface area (Å²) in [4.78, 5) is 24.3. The second-order valence-electron chi connectivity index (χ2n) is 5.00. The number of rotatable bonds is 3. The fraction of sp³-hybridized carbons (Fsp3) is 0.833. The Morgan fingerprint density at radius 1 is 1.38 bits per heavy atom. The van der Waals surface area contributed by atoms with E-state index in [0.29, 0.717) is 12.5 Å². The van der Waals surface area contributed by atoms with Crippen LogP contribution in [0, 0.1) is 5.92 Å². The molecule has 1 saturated carbocycles. The second kappa shape index (κ2) is 4.53. The van der Waals surface area contributed by atoms with Gasteiger partial charge in [0.2, 0.25) is 11.8 Å². The zero-order chi connectivity index (χ0) is 11.7. The summed E-state index contributed by atoms with van der Waals surface area (Å²) in [7, 11) is 1.57. The molecular weight excluding hydrogens is 204 g/mol. The molecule has 1 aliphatic heterocycles. The van der Waals surface area contributed by atoms with Crippen molar-refractivity contribution in [1.29, 1.82) is 0 Å². The first-order chi connectivity index (χ1) is 7.61. The molecule has 0 spiro atoms. The summed E-state index contributed by atoms with van der Waals surface area (Å²) >= 11 is 0. The van der Waals surface area contributed by atoms with Crippen molar-refractivity contribution < 1.29 is 9.59 Å². The van der Waals surface area contributed by atoms with Gasteiger partial charge in [-0.05, 0) is 25.2 Å². The van der Waals surface area contributed by atoms with Gasteiger partial charge in [-0.25, -0.2) is 0 Å². The van der Waals surface area contributed by atoms with E-state index >= 15 is 0 Å². The molecule has 2 rings (SSSR count). The van der Waals surface area contributed by atoms with Crippen LogP contribution in [0.3, 0.4) is 0 Å². The summed E-state index contributed by atoms with van der Waals surface area (Å²) in [5, 5.41) is 3.34. The molecule has 3 unspecified atom stereocenters. The van der Waals surface area contributed by atoms with Crippen LogP contribution in [0.25, 0.3) is 0 Å². The van der Waals surface area contributed by atoms with Crippen molar-refractivity contribution in [2.45, 2.75) is 51.1 Å².